The number of ether oxygens (including phenoxy) is 1. The molecule has 0 saturated heterocycles. The molecule has 0 bridgehead atoms. The average Bonchev–Trinajstić information content (AvgIpc) is 2.78. The molecule has 3 fully saturated rings. The van der Waals surface area contributed by atoms with Crippen LogP contribution in [0.1, 0.15) is 117 Å². The molecule has 0 aliphatic heterocycles. The van der Waals surface area contributed by atoms with Crippen LogP contribution in [0.25, 0.3) is 0 Å². The average molecular weight is 419 g/mol. The number of esters is 1. The van der Waals surface area contributed by atoms with Crippen LogP contribution in [0.15, 0.2) is 0 Å². The van der Waals surface area contributed by atoms with Gasteiger partial charge in [0, 0.05) is 6.42 Å². The van der Waals surface area contributed by atoms with Gasteiger partial charge in [-0.05, 0) is 94.3 Å². The molecule has 3 nitrogen and oxygen atoms in total. The Morgan fingerprint density at radius 1 is 0.867 bits per heavy atom. The lowest BCUT2D eigenvalue weighted by Crippen LogP contribution is -2.44. The van der Waals surface area contributed by atoms with Gasteiger partial charge in [0.2, 0.25) is 0 Å². The van der Waals surface area contributed by atoms with Crippen LogP contribution < -0.4 is 0 Å². The zero-order chi connectivity index (χ0) is 21.6. The minimum atomic E-state index is -0.891. The van der Waals surface area contributed by atoms with Gasteiger partial charge in [-0.1, -0.05) is 46.0 Å². The second kappa shape index (κ2) is 11.1. The van der Waals surface area contributed by atoms with E-state index in [0.29, 0.717) is 31.3 Å². The molecule has 2 atom stereocenters. The first-order valence-electron chi connectivity index (χ1n) is 13.2. The SMILES string of the molecule is CCCCCOC(=O)[C@@]1(C)CC[C@@H](C2CCC([C@H]3CC[C@H](CC)CC3)CC2)CC1=O. The zero-order valence-corrected chi connectivity index (χ0v) is 19.9. The Labute approximate surface area is 185 Å². The van der Waals surface area contributed by atoms with E-state index in [4.69, 9.17) is 4.74 Å². The summed E-state index contributed by atoms with van der Waals surface area (Å²) >= 11 is 0. The van der Waals surface area contributed by atoms with Crippen LogP contribution in [-0.2, 0) is 14.3 Å². The second-order valence-electron chi connectivity index (χ2n) is 11.0. The third-order valence-corrected chi connectivity index (χ3v) is 9.13. The first-order valence-corrected chi connectivity index (χ1v) is 13.2. The Morgan fingerprint density at radius 2 is 1.43 bits per heavy atom. The predicted octanol–water partition coefficient (Wildman–Crippen LogP) is 7.12. The minimum absolute atomic E-state index is 0.138. The van der Waals surface area contributed by atoms with Crippen molar-refractivity contribution in [1.29, 1.82) is 0 Å². The molecule has 0 amide bonds. The van der Waals surface area contributed by atoms with Crippen molar-refractivity contribution in [2.24, 2.45) is 35.0 Å². The van der Waals surface area contributed by atoms with Gasteiger partial charge >= 0.3 is 5.97 Å². The Kier molecular flexibility index (Phi) is 8.83. The number of hydrogen-bond donors (Lipinski definition) is 0. The summed E-state index contributed by atoms with van der Waals surface area (Å²) in [5, 5.41) is 0. The van der Waals surface area contributed by atoms with Gasteiger partial charge in [-0.25, -0.2) is 0 Å². The van der Waals surface area contributed by atoms with Crippen molar-refractivity contribution >= 4 is 11.8 Å². The van der Waals surface area contributed by atoms with E-state index < -0.39 is 5.41 Å². The summed E-state index contributed by atoms with van der Waals surface area (Å²) in [6, 6.07) is 0. The maximum Gasteiger partial charge on any atom is 0.319 e. The van der Waals surface area contributed by atoms with Gasteiger partial charge in [-0.2, -0.15) is 0 Å². The molecule has 3 heteroatoms. The molecule has 0 aromatic rings. The van der Waals surface area contributed by atoms with Crippen molar-refractivity contribution in [3.63, 3.8) is 0 Å². The molecular weight excluding hydrogens is 372 g/mol. The van der Waals surface area contributed by atoms with E-state index in [1.807, 2.05) is 6.92 Å². The molecule has 30 heavy (non-hydrogen) atoms. The summed E-state index contributed by atoms with van der Waals surface area (Å²) in [7, 11) is 0. The minimum Gasteiger partial charge on any atom is -0.465 e. The van der Waals surface area contributed by atoms with Gasteiger partial charge < -0.3 is 4.74 Å². The standard InChI is InChI=1S/C27H46O3/c1-4-6-7-18-30-26(29)27(3)17-16-24(19-25(27)28)23-14-12-22(13-15-23)21-10-8-20(5-2)9-11-21/h20-24H,4-19H2,1-3H3/t20-,21-,22?,23?,24-,27+/m1/s1. The van der Waals surface area contributed by atoms with Crippen molar-refractivity contribution in [2.45, 2.75) is 117 Å². The molecule has 0 spiro atoms. The summed E-state index contributed by atoms with van der Waals surface area (Å²) in [5.74, 6) is 3.94. The topological polar surface area (TPSA) is 43.4 Å². The first kappa shape index (κ1) is 23.8. The molecular formula is C27H46O3. The van der Waals surface area contributed by atoms with E-state index in [1.165, 1.54) is 57.8 Å². The van der Waals surface area contributed by atoms with E-state index in [1.54, 1.807) is 0 Å². The van der Waals surface area contributed by atoms with E-state index in [9.17, 15) is 9.59 Å². The fourth-order valence-electron chi connectivity index (χ4n) is 6.63. The summed E-state index contributed by atoms with van der Waals surface area (Å²) in [6.07, 6.45) is 17.9. The molecule has 0 aromatic heterocycles. The van der Waals surface area contributed by atoms with Gasteiger partial charge in [0.05, 0.1) is 6.61 Å². The smallest absolute Gasteiger partial charge is 0.319 e. The highest BCUT2D eigenvalue weighted by atomic mass is 16.5. The molecule has 0 aromatic carbocycles. The van der Waals surface area contributed by atoms with E-state index in [-0.39, 0.29) is 11.8 Å². The number of unbranched alkanes of at least 4 members (excludes halogenated alkanes) is 2. The molecule has 172 valence electrons. The van der Waals surface area contributed by atoms with Gasteiger partial charge in [-0.15, -0.1) is 0 Å². The molecule has 3 saturated carbocycles. The molecule has 3 aliphatic rings. The summed E-state index contributed by atoms with van der Waals surface area (Å²) in [4.78, 5) is 25.6. The van der Waals surface area contributed by atoms with Gasteiger partial charge in [0.15, 0.2) is 0 Å². The van der Waals surface area contributed by atoms with E-state index in [2.05, 4.69) is 13.8 Å². The van der Waals surface area contributed by atoms with Gasteiger partial charge in [-0.3, -0.25) is 9.59 Å². The molecule has 3 rings (SSSR count). The Balaban J connectivity index is 1.42. The van der Waals surface area contributed by atoms with Crippen LogP contribution in [0.4, 0.5) is 0 Å². The van der Waals surface area contributed by atoms with Crippen molar-refractivity contribution in [1.82, 2.24) is 0 Å². The summed E-state index contributed by atoms with van der Waals surface area (Å²) in [5.41, 5.74) is -0.891. The Bertz CT molecular complexity index is 554. The fraction of sp³-hybridized carbons (Fsp3) is 0.926. The van der Waals surface area contributed by atoms with Crippen LogP contribution >= 0.6 is 0 Å². The molecule has 0 N–H and O–H groups in total. The quantitative estimate of drug-likeness (QED) is 0.239. The summed E-state index contributed by atoms with van der Waals surface area (Å²) in [6.45, 7) is 6.78. The van der Waals surface area contributed by atoms with Gasteiger partial charge in [0.25, 0.3) is 0 Å². The van der Waals surface area contributed by atoms with Crippen LogP contribution in [0.2, 0.25) is 0 Å². The third-order valence-electron chi connectivity index (χ3n) is 9.13. The van der Waals surface area contributed by atoms with E-state index in [0.717, 1.165) is 43.4 Å². The monoisotopic (exact) mass is 418 g/mol. The number of ketones is 1. The lowest BCUT2D eigenvalue weighted by molar-refractivity contribution is -0.162. The van der Waals surface area contributed by atoms with Gasteiger partial charge in [0.1, 0.15) is 11.2 Å². The highest BCUT2D eigenvalue weighted by Gasteiger charge is 2.47. The van der Waals surface area contributed by atoms with Crippen molar-refractivity contribution < 1.29 is 14.3 Å². The maximum absolute atomic E-state index is 13.0. The number of carbonyl (C=O) groups is 2. The Morgan fingerprint density at radius 3 is 1.97 bits per heavy atom. The fourth-order valence-corrected chi connectivity index (χ4v) is 6.63. The van der Waals surface area contributed by atoms with E-state index >= 15 is 0 Å². The van der Waals surface area contributed by atoms with Crippen LogP contribution in [0.3, 0.4) is 0 Å². The molecule has 3 aliphatic carbocycles. The maximum atomic E-state index is 13.0. The zero-order valence-electron chi connectivity index (χ0n) is 19.9. The third kappa shape index (κ3) is 5.68. The molecule has 0 unspecified atom stereocenters. The normalized spacial score (nSPS) is 37.7. The van der Waals surface area contributed by atoms with Crippen LogP contribution in [0, 0.1) is 35.0 Å². The van der Waals surface area contributed by atoms with Crippen LogP contribution in [-0.4, -0.2) is 18.4 Å². The lowest BCUT2D eigenvalue weighted by Gasteiger charge is -2.42. The number of Topliss-reactive ketones (excluding diaryl/α,β-unsaturated/α-hetero) is 1. The number of hydrogen-bond acceptors (Lipinski definition) is 3. The summed E-state index contributed by atoms with van der Waals surface area (Å²) < 4.78 is 5.47. The highest BCUT2D eigenvalue weighted by Crippen LogP contribution is 2.47. The first-order chi connectivity index (χ1) is 14.5. The van der Waals surface area contributed by atoms with Crippen molar-refractivity contribution in [3.8, 4) is 0 Å². The molecule has 0 radical (unpaired) electrons. The highest BCUT2D eigenvalue weighted by molar-refractivity contribution is 6.04. The largest absolute Gasteiger partial charge is 0.465 e. The predicted molar refractivity (Wildman–Crippen MR) is 122 cm³/mol. The van der Waals surface area contributed by atoms with Crippen molar-refractivity contribution in [2.75, 3.05) is 6.61 Å². The number of carbonyl (C=O) groups excluding carboxylic acids is 2. The molecule has 0 heterocycles. The van der Waals surface area contributed by atoms with Crippen molar-refractivity contribution in [3.05, 3.63) is 0 Å². The van der Waals surface area contributed by atoms with Crippen LogP contribution in [0.5, 0.6) is 0 Å². The Hall–Kier alpha value is -0.860. The second-order valence-corrected chi connectivity index (χ2v) is 11.0. The number of rotatable bonds is 8. The lowest BCUT2D eigenvalue weighted by atomic mass is 9.62.